The molecule has 0 atom stereocenters. The number of fused-ring (bicyclic) bond motifs is 2. The van der Waals surface area contributed by atoms with Crippen LogP contribution in [-0.2, 0) is 14.2 Å². The number of rotatable bonds is 5. The molecule has 1 heterocycles. The van der Waals surface area contributed by atoms with Crippen molar-refractivity contribution in [2.75, 3.05) is 19.8 Å². The van der Waals surface area contributed by atoms with Crippen molar-refractivity contribution in [1.82, 2.24) is 0 Å². The lowest BCUT2D eigenvalue weighted by Gasteiger charge is -2.54. The summed E-state index contributed by atoms with van der Waals surface area (Å²) in [6.45, 7) is 6.38. The highest BCUT2D eigenvalue weighted by Crippen LogP contribution is 2.61. The zero-order valence-electron chi connectivity index (χ0n) is 19.8. The van der Waals surface area contributed by atoms with E-state index >= 15 is 4.39 Å². The molecule has 0 aromatic heterocycles. The molecule has 0 amide bonds. The second-order valence-corrected chi connectivity index (χ2v) is 11.9. The standard InChI is InChI=1S/C27H43FO3/c1-19-3-5-21(6-4-19)22-7-9-23(10-8-22)27-13-11-26(12-14-27,15-24(27)28)31-18-25-29-16-20(2)17-30-25/h15,19-23,25H,3-14,16-18H2,1-2H3. The molecule has 6 rings (SSSR count). The van der Waals surface area contributed by atoms with E-state index in [4.69, 9.17) is 14.2 Å². The van der Waals surface area contributed by atoms with Crippen LogP contribution in [0, 0.1) is 35.0 Å². The maximum atomic E-state index is 15.6. The summed E-state index contributed by atoms with van der Waals surface area (Å²) in [4.78, 5) is 0. The summed E-state index contributed by atoms with van der Waals surface area (Å²) in [7, 11) is 0. The predicted molar refractivity (Wildman–Crippen MR) is 120 cm³/mol. The molecule has 31 heavy (non-hydrogen) atoms. The fourth-order valence-corrected chi connectivity index (χ4v) is 7.54. The van der Waals surface area contributed by atoms with Crippen molar-refractivity contribution in [1.29, 1.82) is 0 Å². The van der Waals surface area contributed by atoms with Gasteiger partial charge in [0, 0.05) is 11.3 Å². The van der Waals surface area contributed by atoms with Gasteiger partial charge in [0.2, 0.25) is 0 Å². The van der Waals surface area contributed by atoms with Crippen molar-refractivity contribution in [3.63, 3.8) is 0 Å². The van der Waals surface area contributed by atoms with Crippen LogP contribution in [0.1, 0.15) is 90.9 Å². The summed E-state index contributed by atoms with van der Waals surface area (Å²) in [6, 6.07) is 0. The fraction of sp³-hybridized carbons (Fsp3) is 0.926. The summed E-state index contributed by atoms with van der Waals surface area (Å²) in [6.07, 6.45) is 16.2. The highest BCUT2D eigenvalue weighted by Gasteiger charge is 2.54. The Labute approximate surface area is 188 Å². The molecule has 5 aliphatic carbocycles. The maximum absolute atomic E-state index is 15.6. The van der Waals surface area contributed by atoms with Crippen LogP contribution in [0.25, 0.3) is 0 Å². The molecule has 3 saturated carbocycles. The van der Waals surface area contributed by atoms with Gasteiger partial charge in [0.15, 0.2) is 6.29 Å². The van der Waals surface area contributed by atoms with Gasteiger partial charge in [-0.05, 0) is 94.0 Å². The first-order valence-corrected chi connectivity index (χ1v) is 13.2. The molecule has 0 radical (unpaired) electrons. The van der Waals surface area contributed by atoms with Crippen LogP contribution in [0.4, 0.5) is 4.39 Å². The molecular formula is C27H43FO3. The molecule has 0 aromatic carbocycles. The van der Waals surface area contributed by atoms with Crippen molar-refractivity contribution in [3.8, 4) is 0 Å². The third kappa shape index (κ3) is 4.51. The van der Waals surface area contributed by atoms with Gasteiger partial charge in [-0.3, -0.25) is 0 Å². The zero-order valence-corrected chi connectivity index (χ0v) is 19.8. The Kier molecular flexibility index (Phi) is 6.53. The van der Waals surface area contributed by atoms with Gasteiger partial charge in [0.1, 0.15) is 5.83 Å². The highest BCUT2D eigenvalue weighted by molar-refractivity contribution is 5.25. The minimum absolute atomic E-state index is 0.138. The number of ether oxygens (including phenoxy) is 3. The molecule has 1 aliphatic heterocycles. The van der Waals surface area contributed by atoms with Gasteiger partial charge in [-0.25, -0.2) is 4.39 Å². The number of hydrogen-bond acceptors (Lipinski definition) is 3. The van der Waals surface area contributed by atoms with E-state index < -0.39 is 5.60 Å². The molecule has 0 aromatic rings. The zero-order chi connectivity index (χ0) is 21.5. The van der Waals surface area contributed by atoms with E-state index in [0.717, 1.165) is 56.7 Å². The highest BCUT2D eigenvalue weighted by atomic mass is 19.1. The van der Waals surface area contributed by atoms with Gasteiger partial charge in [-0.2, -0.15) is 0 Å². The first kappa shape index (κ1) is 22.3. The van der Waals surface area contributed by atoms with E-state index in [0.29, 0.717) is 18.4 Å². The topological polar surface area (TPSA) is 27.7 Å². The van der Waals surface area contributed by atoms with Crippen molar-refractivity contribution in [2.24, 2.45) is 35.0 Å². The normalized spacial score (nSPS) is 48.4. The van der Waals surface area contributed by atoms with Crippen molar-refractivity contribution < 1.29 is 18.6 Å². The smallest absolute Gasteiger partial charge is 0.180 e. The SMILES string of the molecule is CC1CCC(C2CCC(C34CCC(OCC5OCC(C)CO5)(C=C3F)CC4)CC2)CC1. The lowest BCUT2D eigenvalue weighted by atomic mass is 9.53. The number of allylic oxidation sites excluding steroid dienone is 1. The Bertz CT molecular complexity index is 629. The Morgan fingerprint density at radius 3 is 2.00 bits per heavy atom. The minimum Gasteiger partial charge on any atom is -0.366 e. The van der Waals surface area contributed by atoms with E-state index in [9.17, 15) is 0 Å². The van der Waals surface area contributed by atoms with Crippen LogP contribution < -0.4 is 0 Å². The van der Waals surface area contributed by atoms with Crippen molar-refractivity contribution in [3.05, 3.63) is 11.9 Å². The van der Waals surface area contributed by atoms with Crippen LogP contribution in [0.2, 0.25) is 0 Å². The molecule has 0 spiro atoms. The average Bonchev–Trinajstić information content (AvgIpc) is 2.80. The lowest BCUT2D eigenvalue weighted by Crippen LogP contribution is -2.50. The summed E-state index contributed by atoms with van der Waals surface area (Å²) in [5.74, 6) is 3.89. The van der Waals surface area contributed by atoms with Gasteiger partial charge in [0.05, 0.1) is 25.4 Å². The lowest BCUT2D eigenvalue weighted by molar-refractivity contribution is -0.236. The number of halogens is 1. The number of hydrogen-bond donors (Lipinski definition) is 0. The second-order valence-electron chi connectivity index (χ2n) is 11.9. The first-order valence-electron chi connectivity index (χ1n) is 13.2. The summed E-state index contributed by atoms with van der Waals surface area (Å²) in [5.41, 5.74) is -0.623. The van der Waals surface area contributed by atoms with E-state index in [2.05, 4.69) is 13.8 Å². The molecule has 0 N–H and O–H groups in total. The van der Waals surface area contributed by atoms with Crippen molar-refractivity contribution in [2.45, 2.75) is 103 Å². The summed E-state index contributed by atoms with van der Waals surface area (Å²) >= 11 is 0. The van der Waals surface area contributed by atoms with E-state index in [1.807, 2.05) is 6.08 Å². The van der Waals surface area contributed by atoms with E-state index in [-0.39, 0.29) is 17.5 Å². The third-order valence-corrected chi connectivity index (χ3v) is 9.77. The summed E-state index contributed by atoms with van der Waals surface area (Å²) in [5, 5.41) is 0. The predicted octanol–water partition coefficient (Wildman–Crippen LogP) is 6.81. The molecule has 3 nitrogen and oxygen atoms in total. The Morgan fingerprint density at radius 1 is 0.839 bits per heavy atom. The molecule has 176 valence electrons. The second kappa shape index (κ2) is 9.06. The third-order valence-electron chi connectivity index (χ3n) is 9.77. The van der Waals surface area contributed by atoms with Crippen LogP contribution in [0.15, 0.2) is 11.9 Å². The molecule has 4 heteroatoms. The minimum atomic E-state index is -0.433. The van der Waals surface area contributed by atoms with Crippen LogP contribution in [-0.4, -0.2) is 31.7 Å². The van der Waals surface area contributed by atoms with Gasteiger partial charge < -0.3 is 14.2 Å². The first-order chi connectivity index (χ1) is 15.0. The molecular weight excluding hydrogens is 391 g/mol. The van der Waals surface area contributed by atoms with Gasteiger partial charge in [0.25, 0.3) is 0 Å². The Morgan fingerprint density at radius 2 is 1.42 bits per heavy atom. The van der Waals surface area contributed by atoms with Gasteiger partial charge in [-0.1, -0.05) is 26.7 Å². The molecule has 4 fully saturated rings. The molecule has 2 bridgehead atoms. The largest absolute Gasteiger partial charge is 0.366 e. The van der Waals surface area contributed by atoms with E-state index in [1.165, 1.54) is 51.4 Å². The van der Waals surface area contributed by atoms with E-state index in [1.54, 1.807) is 0 Å². The molecule has 6 aliphatic rings. The fourth-order valence-electron chi connectivity index (χ4n) is 7.54. The van der Waals surface area contributed by atoms with Crippen LogP contribution >= 0.6 is 0 Å². The Hall–Kier alpha value is -0.450. The van der Waals surface area contributed by atoms with Crippen LogP contribution in [0.5, 0.6) is 0 Å². The van der Waals surface area contributed by atoms with Crippen molar-refractivity contribution >= 4 is 0 Å². The molecule has 0 unspecified atom stereocenters. The molecule has 1 saturated heterocycles. The maximum Gasteiger partial charge on any atom is 0.180 e. The van der Waals surface area contributed by atoms with Gasteiger partial charge in [-0.15, -0.1) is 0 Å². The quantitative estimate of drug-likeness (QED) is 0.476. The van der Waals surface area contributed by atoms with Gasteiger partial charge >= 0.3 is 0 Å². The summed E-state index contributed by atoms with van der Waals surface area (Å²) < 4.78 is 33.3. The Balaban J connectivity index is 1.16. The van der Waals surface area contributed by atoms with Crippen LogP contribution in [0.3, 0.4) is 0 Å². The average molecular weight is 435 g/mol. The monoisotopic (exact) mass is 434 g/mol.